The van der Waals surface area contributed by atoms with Gasteiger partial charge in [-0.3, -0.25) is 4.79 Å². The summed E-state index contributed by atoms with van der Waals surface area (Å²) in [4.78, 5) is 22.5. The van der Waals surface area contributed by atoms with Gasteiger partial charge in [0.15, 0.2) is 6.61 Å². The van der Waals surface area contributed by atoms with E-state index in [1.165, 1.54) is 7.05 Å². The van der Waals surface area contributed by atoms with E-state index in [0.717, 1.165) is 11.1 Å². The molecule has 1 aromatic rings. The maximum atomic E-state index is 11.6. The van der Waals surface area contributed by atoms with E-state index < -0.39 is 5.97 Å². The predicted octanol–water partition coefficient (Wildman–Crippen LogP) is 1.21. The first-order valence-electron chi connectivity index (χ1n) is 5.00. The molecule has 1 N–H and O–H groups in total. The molecule has 0 heterocycles. The zero-order valence-corrected chi connectivity index (χ0v) is 9.66. The highest BCUT2D eigenvalue weighted by Gasteiger charge is 2.12. The molecule has 0 saturated heterocycles. The van der Waals surface area contributed by atoms with Crippen molar-refractivity contribution in [2.75, 3.05) is 13.7 Å². The standard InChI is InChI=1S/C12H15NO3/c1-8-5-4-6-10(9(8)2)12(15)16-7-11(14)13-3/h4-6H,7H2,1-3H3,(H,13,14). The van der Waals surface area contributed by atoms with Crippen molar-refractivity contribution in [1.29, 1.82) is 0 Å². The summed E-state index contributed by atoms with van der Waals surface area (Å²) in [5.74, 6) is -0.788. The van der Waals surface area contributed by atoms with Crippen LogP contribution in [-0.2, 0) is 9.53 Å². The minimum absolute atomic E-state index is 0.247. The SMILES string of the molecule is CNC(=O)COC(=O)c1cccc(C)c1C. The van der Waals surface area contributed by atoms with Crippen LogP contribution in [0.5, 0.6) is 0 Å². The average molecular weight is 221 g/mol. The Morgan fingerprint density at radius 2 is 2.00 bits per heavy atom. The van der Waals surface area contributed by atoms with Crippen LogP contribution < -0.4 is 5.32 Å². The molecule has 4 heteroatoms. The van der Waals surface area contributed by atoms with E-state index in [1.807, 2.05) is 19.9 Å². The summed E-state index contributed by atoms with van der Waals surface area (Å²) < 4.78 is 4.87. The van der Waals surface area contributed by atoms with Gasteiger partial charge in [0.25, 0.3) is 5.91 Å². The number of carbonyl (C=O) groups is 2. The van der Waals surface area contributed by atoms with E-state index in [-0.39, 0.29) is 12.5 Å². The quantitative estimate of drug-likeness (QED) is 0.780. The first-order chi connectivity index (χ1) is 7.56. The molecule has 0 aliphatic heterocycles. The molecule has 0 aromatic heterocycles. The Bertz CT molecular complexity index is 413. The van der Waals surface area contributed by atoms with Crippen molar-refractivity contribution in [3.8, 4) is 0 Å². The van der Waals surface area contributed by atoms with Crippen LogP contribution in [0.1, 0.15) is 21.5 Å². The fraction of sp³-hybridized carbons (Fsp3) is 0.333. The summed E-state index contributed by atoms with van der Waals surface area (Å²) in [7, 11) is 1.49. The predicted molar refractivity (Wildman–Crippen MR) is 60.3 cm³/mol. The number of likely N-dealkylation sites (N-methyl/N-ethyl adjacent to an activating group) is 1. The van der Waals surface area contributed by atoms with Crippen LogP contribution in [0.25, 0.3) is 0 Å². The Morgan fingerprint density at radius 1 is 1.31 bits per heavy atom. The van der Waals surface area contributed by atoms with Gasteiger partial charge in [-0.1, -0.05) is 12.1 Å². The van der Waals surface area contributed by atoms with E-state index in [9.17, 15) is 9.59 Å². The first-order valence-corrected chi connectivity index (χ1v) is 5.00. The van der Waals surface area contributed by atoms with Gasteiger partial charge in [0.2, 0.25) is 0 Å². The number of hydrogen-bond donors (Lipinski definition) is 1. The summed E-state index contributed by atoms with van der Waals surface area (Å²) in [5, 5.41) is 2.38. The van der Waals surface area contributed by atoms with Crippen LogP contribution >= 0.6 is 0 Å². The molecular weight excluding hydrogens is 206 g/mol. The molecule has 0 spiro atoms. The lowest BCUT2D eigenvalue weighted by molar-refractivity contribution is -0.123. The highest BCUT2D eigenvalue weighted by molar-refractivity contribution is 5.92. The maximum Gasteiger partial charge on any atom is 0.338 e. The topological polar surface area (TPSA) is 55.4 Å². The molecule has 16 heavy (non-hydrogen) atoms. The zero-order chi connectivity index (χ0) is 12.1. The summed E-state index contributed by atoms with van der Waals surface area (Å²) >= 11 is 0. The number of nitrogens with one attached hydrogen (secondary N) is 1. The van der Waals surface area contributed by atoms with Crippen molar-refractivity contribution in [3.63, 3.8) is 0 Å². The van der Waals surface area contributed by atoms with Gasteiger partial charge in [-0.2, -0.15) is 0 Å². The van der Waals surface area contributed by atoms with Gasteiger partial charge in [-0.25, -0.2) is 4.79 Å². The van der Waals surface area contributed by atoms with Crippen molar-refractivity contribution in [2.24, 2.45) is 0 Å². The summed E-state index contributed by atoms with van der Waals surface area (Å²) in [5.41, 5.74) is 2.41. The van der Waals surface area contributed by atoms with Crippen LogP contribution in [0.15, 0.2) is 18.2 Å². The molecular formula is C12H15NO3. The van der Waals surface area contributed by atoms with Gasteiger partial charge in [0.05, 0.1) is 5.56 Å². The van der Waals surface area contributed by atoms with Gasteiger partial charge >= 0.3 is 5.97 Å². The number of rotatable bonds is 3. The molecule has 0 radical (unpaired) electrons. The number of ether oxygens (including phenoxy) is 1. The lowest BCUT2D eigenvalue weighted by atomic mass is 10.0. The van der Waals surface area contributed by atoms with Gasteiger partial charge in [0, 0.05) is 7.05 Å². The Morgan fingerprint density at radius 3 is 2.62 bits per heavy atom. The maximum absolute atomic E-state index is 11.6. The molecule has 0 fully saturated rings. The first kappa shape index (κ1) is 12.2. The number of hydrogen-bond acceptors (Lipinski definition) is 3. The van der Waals surface area contributed by atoms with Crippen LogP contribution in [-0.4, -0.2) is 25.5 Å². The zero-order valence-electron chi connectivity index (χ0n) is 9.66. The third kappa shape index (κ3) is 2.82. The highest BCUT2D eigenvalue weighted by atomic mass is 16.5. The number of benzene rings is 1. The summed E-state index contributed by atoms with van der Waals surface area (Å²) in [6.07, 6.45) is 0. The Labute approximate surface area is 94.6 Å². The van der Waals surface area contributed by atoms with Crippen molar-refractivity contribution >= 4 is 11.9 Å². The molecule has 0 atom stereocenters. The lowest BCUT2D eigenvalue weighted by Crippen LogP contribution is -2.25. The van der Waals surface area contributed by atoms with Crippen LogP contribution in [0, 0.1) is 13.8 Å². The fourth-order valence-corrected chi connectivity index (χ4v) is 1.25. The molecule has 86 valence electrons. The number of carbonyl (C=O) groups excluding carboxylic acids is 2. The second-order valence-corrected chi connectivity index (χ2v) is 3.50. The van der Waals surface area contributed by atoms with Crippen LogP contribution in [0.4, 0.5) is 0 Å². The van der Waals surface area contributed by atoms with Gasteiger partial charge < -0.3 is 10.1 Å². The van der Waals surface area contributed by atoms with E-state index in [2.05, 4.69) is 5.32 Å². The highest BCUT2D eigenvalue weighted by Crippen LogP contribution is 2.13. The molecule has 1 rings (SSSR count). The van der Waals surface area contributed by atoms with Crippen LogP contribution in [0.2, 0.25) is 0 Å². The Hall–Kier alpha value is -1.84. The van der Waals surface area contributed by atoms with Crippen molar-refractivity contribution in [3.05, 3.63) is 34.9 Å². The van der Waals surface area contributed by atoms with E-state index in [0.29, 0.717) is 5.56 Å². The summed E-state index contributed by atoms with van der Waals surface area (Å²) in [6.45, 7) is 3.53. The van der Waals surface area contributed by atoms with Gasteiger partial charge in [0.1, 0.15) is 0 Å². The van der Waals surface area contributed by atoms with E-state index >= 15 is 0 Å². The minimum Gasteiger partial charge on any atom is -0.452 e. The van der Waals surface area contributed by atoms with Gasteiger partial charge in [-0.05, 0) is 31.0 Å². The van der Waals surface area contributed by atoms with Gasteiger partial charge in [-0.15, -0.1) is 0 Å². The molecule has 0 saturated carbocycles. The average Bonchev–Trinajstić information content (AvgIpc) is 2.29. The largest absolute Gasteiger partial charge is 0.452 e. The number of amides is 1. The molecule has 0 aliphatic rings. The molecule has 4 nitrogen and oxygen atoms in total. The van der Waals surface area contributed by atoms with Crippen molar-refractivity contribution in [1.82, 2.24) is 5.32 Å². The fourth-order valence-electron chi connectivity index (χ4n) is 1.25. The number of esters is 1. The molecule has 1 aromatic carbocycles. The minimum atomic E-state index is -0.468. The number of aryl methyl sites for hydroxylation is 1. The third-order valence-electron chi connectivity index (χ3n) is 2.44. The monoisotopic (exact) mass is 221 g/mol. The smallest absolute Gasteiger partial charge is 0.338 e. The second kappa shape index (κ2) is 5.30. The normalized spacial score (nSPS) is 9.69. The molecule has 0 aliphatic carbocycles. The van der Waals surface area contributed by atoms with E-state index in [4.69, 9.17) is 4.74 Å². The molecule has 1 amide bonds. The lowest BCUT2D eigenvalue weighted by Gasteiger charge is -2.08. The molecule has 0 unspecified atom stereocenters. The van der Waals surface area contributed by atoms with Crippen LogP contribution in [0.3, 0.4) is 0 Å². The van der Waals surface area contributed by atoms with E-state index in [1.54, 1.807) is 12.1 Å². The second-order valence-electron chi connectivity index (χ2n) is 3.50. The van der Waals surface area contributed by atoms with Crippen molar-refractivity contribution in [2.45, 2.75) is 13.8 Å². The van der Waals surface area contributed by atoms with Crippen molar-refractivity contribution < 1.29 is 14.3 Å². The summed E-state index contributed by atoms with van der Waals surface area (Å²) in [6, 6.07) is 5.40. The Kier molecular flexibility index (Phi) is 4.05. The third-order valence-corrected chi connectivity index (χ3v) is 2.44. The molecule has 0 bridgehead atoms. The Balaban J connectivity index is 2.74.